The van der Waals surface area contributed by atoms with E-state index < -0.39 is 0 Å². The molecule has 1 aromatic rings. The highest BCUT2D eigenvalue weighted by molar-refractivity contribution is 6.31. The average Bonchev–Trinajstić information content (AvgIpc) is 2.25. The van der Waals surface area contributed by atoms with E-state index in [1.54, 1.807) is 18.2 Å². The predicted molar refractivity (Wildman–Crippen MR) is 81.9 cm³/mol. The number of carbonyl (C=O) groups excluding carboxylic acids is 1. The van der Waals surface area contributed by atoms with Crippen molar-refractivity contribution in [2.75, 3.05) is 5.73 Å². The van der Waals surface area contributed by atoms with Gasteiger partial charge in [0.15, 0.2) is 0 Å². The summed E-state index contributed by atoms with van der Waals surface area (Å²) in [5.74, 6) is 0.216. The van der Waals surface area contributed by atoms with E-state index in [0.29, 0.717) is 22.2 Å². The van der Waals surface area contributed by atoms with Gasteiger partial charge in [-0.25, -0.2) is 4.79 Å². The Labute approximate surface area is 125 Å². The second-order valence-electron chi connectivity index (χ2n) is 6.67. The highest BCUT2D eigenvalue weighted by atomic mass is 35.5. The van der Waals surface area contributed by atoms with Crippen LogP contribution >= 0.6 is 11.6 Å². The molecule has 1 aliphatic rings. The SMILES string of the molecule is CC1CC(OC(=O)c2ccc(Cl)cc2N)CC(C)(C)C1. The third-order valence-electron chi connectivity index (χ3n) is 3.85. The van der Waals surface area contributed by atoms with Gasteiger partial charge in [-0.2, -0.15) is 0 Å². The Hall–Kier alpha value is -1.22. The lowest BCUT2D eigenvalue weighted by Crippen LogP contribution is -2.34. The van der Waals surface area contributed by atoms with Gasteiger partial charge in [-0.15, -0.1) is 0 Å². The van der Waals surface area contributed by atoms with E-state index in [9.17, 15) is 4.79 Å². The molecule has 4 heteroatoms. The summed E-state index contributed by atoms with van der Waals surface area (Å²) in [4.78, 5) is 12.2. The topological polar surface area (TPSA) is 52.3 Å². The lowest BCUT2D eigenvalue weighted by Gasteiger charge is -2.38. The van der Waals surface area contributed by atoms with E-state index in [1.165, 1.54) is 6.42 Å². The molecule has 20 heavy (non-hydrogen) atoms. The number of hydrogen-bond acceptors (Lipinski definition) is 3. The Balaban J connectivity index is 2.07. The van der Waals surface area contributed by atoms with Gasteiger partial charge in [0, 0.05) is 10.7 Å². The van der Waals surface area contributed by atoms with Gasteiger partial charge in [0.25, 0.3) is 0 Å². The monoisotopic (exact) mass is 295 g/mol. The number of halogens is 1. The molecule has 1 saturated carbocycles. The summed E-state index contributed by atoms with van der Waals surface area (Å²) in [6.45, 7) is 6.65. The molecule has 2 unspecified atom stereocenters. The standard InChI is InChI=1S/C16H22ClNO2/c1-10-6-12(9-16(2,3)8-10)20-15(19)13-5-4-11(17)7-14(13)18/h4-5,7,10,12H,6,8-9,18H2,1-3H3. The van der Waals surface area contributed by atoms with Crippen molar-refractivity contribution in [1.29, 1.82) is 0 Å². The number of rotatable bonds is 2. The van der Waals surface area contributed by atoms with E-state index >= 15 is 0 Å². The number of benzene rings is 1. The first-order chi connectivity index (χ1) is 9.27. The molecule has 0 bridgehead atoms. The maximum Gasteiger partial charge on any atom is 0.340 e. The highest BCUT2D eigenvalue weighted by Crippen LogP contribution is 2.40. The minimum Gasteiger partial charge on any atom is -0.459 e. The molecule has 3 nitrogen and oxygen atoms in total. The number of nitrogen functional groups attached to an aromatic ring is 1. The Kier molecular flexibility index (Phi) is 4.28. The Morgan fingerprint density at radius 1 is 1.40 bits per heavy atom. The molecule has 0 aliphatic heterocycles. The van der Waals surface area contributed by atoms with E-state index in [-0.39, 0.29) is 17.5 Å². The van der Waals surface area contributed by atoms with Crippen LogP contribution in [-0.4, -0.2) is 12.1 Å². The second kappa shape index (κ2) is 5.65. The number of esters is 1. The molecule has 0 saturated heterocycles. The van der Waals surface area contributed by atoms with E-state index in [4.69, 9.17) is 22.1 Å². The highest BCUT2D eigenvalue weighted by Gasteiger charge is 2.34. The Bertz CT molecular complexity index is 513. The lowest BCUT2D eigenvalue weighted by atomic mass is 9.71. The van der Waals surface area contributed by atoms with Crippen molar-refractivity contribution in [3.05, 3.63) is 28.8 Å². The summed E-state index contributed by atoms with van der Waals surface area (Å²) < 4.78 is 5.64. The third kappa shape index (κ3) is 3.66. The van der Waals surface area contributed by atoms with Crippen molar-refractivity contribution in [2.24, 2.45) is 11.3 Å². The fourth-order valence-electron chi connectivity index (χ4n) is 3.28. The minimum atomic E-state index is -0.353. The van der Waals surface area contributed by atoms with Gasteiger partial charge in [-0.3, -0.25) is 0 Å². The predicted octanol–water partition coefficient (Wildman–Crippen LogP) is 4.29. The van der Waals surface area contributed by atoms with E-state index in [0.717, 1.165) is 12.8 Å². The smallest absolute Gasteiger partial charge is 0.340 e. The Morgan fingerprint density at radius 2 is 2.10 bits per heavy atom. The van der Waals surface area contributed by atoms with Crippen molar-refractivity contribution >= 4 is 23.3 Å². The number of anilines is 1. The molecule has 1 fully saturated rings. The van der Waals surface area contributed by atoms with Crippen LogP contribution in [0.2, 0.25) is 5.02 Å². The van der Waals surface area contributed by atoms with Gasteiger partial charge in [-0.05, 0) is 48.8 Å². The second-order valence-corrected chi connectivity index (χ2v) is 7.11. The summed E-state index contributed by atoms with van der Waals surface area (Å²) >= 11 is 5.84. The lowest BCUT2D eigenvalue weighted by molar-refractivity contribution is -0.00704. The first-order valence-electron chi connectivity index (χ1n) is 7.03. The van der Waals surface area contributed by atoms with Crippen molar-refractivity contribution in [2.45, 2.75) is 46.1 Å². The molecular weight excluding hydrogens is 274 g/mol. The number of carbonyl (C=O) groups is 1. The number of hydrogen-bond donors (Lipinski definition) is 1. The zero-order valence-electron chi connectivity index (χ0n) is 12.3. The summed E-state index contributed by atoms with van der Waals surface area (Å²) in [5.41, 5.74) is 6.80. The Morgan fingerprint density at radius 3 is 2.70 bits per heavy atom. The zero-order chi connectivity index (χ0) is 14.9. The van der Waals surface area contributed by atoms with Crippen LogP contribution in [0.3, 0.4) is 0 Å². The molecule has 2 rings (SSSR count). The van der Waals surface area contributed by atoms with Crippen LogP contribution in [0.25, 0.3) is 0 Å². The molecule has 0 spiro atoms. The summed E-state index contributed by atoms with van der Waals surface area (Å²) in [5, 5.41) is 0.520. The van der Waals surface area contributed by atoms with Crippen molar-refractivity contribution < 1.29 is 9.53 Å². The number of ether oxygens (including phenoxy) is 1. The largest absolute Gasteiger partial charge is 0.459 e. The van der Waals surface area contributed by atoms with Crippen molar-refractivity contribution in [1.82, 2.24) is 0 Å². The molecule has 2 atom stereocenters. The van der Waals surface area contributed by atoms with Crippen LogP contribution in [0.1, 0.15) is 50.4 Å². The van der Waals surface area contributed by atoms with Gasteiger partial charge in [0.2, 0.25) is 0 Å². The molecule has 0 radical (unpaired) electrons. The molecular formula is C16H22ClNO2. The fraction of sp³-hybridized carbons (Fsp3) is 0.562. The van der Waals surface area contributed by atoms with Crippen molar-refractivity contribution in [3.8, 4) is 0 Å². The van der Waals surface area contributed by atoms with Gasteiger partial charge < -0.3 is 10.5 Å². The van der Waals surface area contributed by atoms with Crippen LogP contribution < -0.4 is 5.73 Å². The van der Waals surface area contributed by atoms with E-state index in [1.807, 2.05) is 0 Å². The molecule has 1 aromatic carbocycles. The normalized spacial score (nSPS) is 25.2. The maximum atomic E-state index is 12.2. The molecule has 0 heterocycles. The summed E-state index contributed by atoms with van der Waals surface area (Å²) in [6.07, 6.45) is 2.96. The molecule has 0 amide bonds. The molecule has 2 N–H and O–H groups in total. The van der Waals surface area contributed by atoms with Crippen LogP contribution in [0, 0.1) is 11.3 Å². The molecule has 110 valence electrons. The third-order valence-corrected chi connectivity index (χ3v) is 4.09. The van der Waals surface area contributed by atoms with Crippen LogP contribution in [0.4, 0.5) is 5.69 Å². The van der Waals surface area contributed by atoms with Crippen LogP contribution in [0.5, 0.6) is 0 Å². The van der Waals surface area contributed by atoms with E-state index in [2.05, 4.69) is 20.8 Å². The van der Waals surface area contributed by atoms with Gasteiger partial charge in [0.05, 0.1) is 5.56 Å². The first kappa shape index (κ1) is 15.2. The van der Waals surface area contributed by atoms with Crippen molar-refractivity contribution in [3.63, 3.8) is 0 Å². The summed E-state index contributed by atoms with van der Waals surface area (Å²) in [7, 11) is 0. The molecule has 1 aliphatic carbocycles. The zero-order valence-corrected chi connectivity index (χ0v) is 13.0. The van der Waals surface area contributed by atoms with Gasteiger partial charge in [-0.1, -0.05) is 32.4 Å². The molecule has 0 aromatic heterocycles. The van der Waals surface area contributed by atoms with Gasteiger partial charge in [0.1, 0.15) is 6.10 Å². The fourth-order valence-corrected chi connectivity index (χ4v) is 3.46. The first-order valence-corrected chi connectivity index (χ1v) is 7.41. The summed E-state index contributed by atoms with van der Waals surface area (Å²) in [6, 6.07) is 4.85. The quantitative estimate of drug-likeness (QED) is 0.654. The van der Waals surface area contributed by atoms with Crippen LogP contribution in [0.15, 0.2) is 18.2 Å². The maximum absolute atomic E-state index is 12.2. The number of nitrogens with two attached hydrogens (primary N) is 1. The minimum absolute atomic E-state index is 0.0312. The van der Waals surface area contributed by atoms with Gasteiger partial charge >= 0.3 is 5.97 Å². The van der Waals surface area contributed by atoms with Crippen LogP contribution in [-0.2, 0) is 4.74 Å². The average molecular weight is 296 g/mol.